The van der Waals surface area contributed by atoms with Gasteiger partial charge in [-0.3, -0.25) is 0 Å². The van der Waals surface area contributed by atoms with E-state index in [0.29, 0.717) is 5.56 Å². The summed E-state index contributed by atoms with van der Waals surface area (Å²) in [5.74, 6) is -1.85. The number of aryl methyl sites for hydroxylation is 1. The number of carbonyl (C=O) groups is 2. The first-order valence-electron chi connectivity index (χ1n) is 7.25. The molecule has 0 aromatic heterocycles. The second-order valence-electron chi connectivity index (χ2n) is 4.89. The van der Waals surface area contributed by atoms with Gasteiger partial charge < -0.3 is 10.2 Å². The maximum absolute atomic E-state index is 10.5. The van der Waals surface area contributed by atoms with Gasteiger partial charge in [0.05, 0.1) is 16.1 Å². The summed E-state index contributed by atoms with van der Waals surface area (Å²) in [7, 11) is 0. The Morgan fingerprint density at radius 3 is 2.00 bits per heavy atom. The van der Waals surface area contributed by atoms with E-state index in [4.69, 9.17) is 21.8 Å². The van der Waals surface area contributed by atoms with Crippen molar-refractivity contribution in [1.29, 1.82) is 0 Å². The van der Waals surface area contributed by atoms with Crippen LogP contribution in [-0.2, 0) is 6.42 Å². The van der Waals surface area contributed by atoms with E-state index in [9.17, 15) is 9.59 Å². The van der Waals surface area contributed by atoms with Crippen molar-refractivity contribution < 1.29 is 19.8 Å². The van der Waals surface area contributed by atoms with Crippen LogP contribution in [0.2, 0.25) is 5.02 Å². The van der Waals surface area contributed by atoms with Crippen molar-refractivity contribution >= 4 is 23.5 Å². The summed E-state index contributed by atoms with van der Waals surface area (Å²) < 4.78 is 0. The number of aromatic carboxylic acids is 2. The minimum absolute atomic E-state index is 0.143. The van der Waals surface area contributed by atoms with E-state index in [0.717, 1.165) is 12.8 Å². The summed E-state index contributed by atoms with van der Waals surface area (Å²) in [6.07, 6.45) is 3.36. The van der Waals surface area contributed by atoms with E-state index in [2.05, 4.69) is 6.92 Å². The third-order valence-corrected chi connectivity index (χ3v) is 3.45. The molecule has 122 valence electrons. The van der Waals surface area contributed by atoms with Crippen LogP contribution in [0.15, 0.2) is 48.5 Å². The van der Waals surface area contributed by atoms with Gasteiger partial charge in [-0.2, -0.15) is 0 Å². The average Bonchev–Trinajstić information content (AvgIpc) is 2.54. The summed E-state index contributed by atoms with van der Waals surface area (Å²) >= 11 is 5.54. The normalized spacial score (nSPS) is 9.65. The first-order chi connectivity index (χ1) is 11.0. The molecule has 0 radical (unpaired) electrons. The van der Waals surface area contributed by atoms with Crippen LogP contribution in [0.4, 0.5) is 0 Å². The van der Waals surface area contributed by atoms with Crippen molar-refractivity contribution in [3.63, 3.8) is 0 Å². The highest BCUT2D eigenvalue weighted by Gasteiger charge is 2.05. The molecule has 2 aromatic rings. The Hall–Kier alpha value is -2.33. The van der Waals surface area contributed by atoms with Crippen LogP contribution in [-0.4, -0.2) is 22.2 Å². The van der Waals surface area contributed by atoms with Gasteiger partial charge in [-0.1, -0.05) is 49.2 Å². The second-order valence-corrected chi connectivity index (χ2v) is 5.30. The number of rotatable bonds is 5. The molecule has 0 atom stereocenters. The number of unbranched alkanes of at least 4 members (excludes halogenated alkanes) is 1. The van der Waals surface area contributed by atoms with Crippen molar-refractivity contribution in [3.05, 3.63) is 70.2 Å². The van der Waals surface area contributed by atoms with E-state index >= 15 is 0 Å². The summed E-state index contributed by atoms with van der Waals surface area (Å²) in [6, 6.07) is 13.4. The Bertz CT molecular complexity index is 650. The lowest BCUT2D eigenvalue weighted by Gasteiger charge is -1.99. The van der Waals surface area contributed by atoms with Gasteiger partial charge in [0.1, 0.15) is 0 Å². The van der Waals surface area contributed by atoms with Gasteiger partial charge in [-0.15, -0.1) is 0 Å². The van der Waals surface area contributed by atoms with E-state index in [1.807, 2.05) is 12.1 Å². The van der Waals surface area contributed by atoms with E-state index in [1.54, 1.807) is 30.3 Å². The predicted octanol–water partition coefficient (Wildman–Crippen LogP) is 4.77. The van der Waals surface area contributed by atoms with Gasteiger partial charge >= 0.3 is 11.9 Å². The zero-order valence-corrected chi connectivity index (χ0v) is 13.6. The molecule has 0 amide bonds. The molecule has 2 aromatic carbocycles. The first-order valence-corrected chi connectivity index (χ1v) is 7.63. The monoisotopic (exact) mass is 334 g/mol. The zero-order chi connectivity index (χ0) is 17.2. The summed E-state index contributed by atoms with van der Waals surface area (Å²) in [6.45, 7) is 2.14. The summed E-state index contributed by atoms with van der Waals surface area (Å²) in [4.78, 5) is 20.9. The molecule has 23 heavy (non-hydrogen) atoms. The van der Waals surface area contributed by atoms with E-state index in [1.165, 1.54) is 18.1 Å². The number of halogens is 1. The molecule has 0 aliphatic rings. The maximum atomic E-state index is 10.5. The maximum Gasteiger partial charge on any atom is 0.337 e. The van der Waals surface area contributed by atoms with Crippen molar-refractivity contribution in [3.8, 4) is 0 Å². The van der Waals surface area contributed by atoms with Crippen LogP contribution in [0.3, 0.4) is 0 Å². The third-order valence-electron chi connectivity index (χ3n) is 3.12. The molecule has 4 nitrogen and oxygen atoms in total. The quantitative estimate of drug-likeness (QED) is 0.826. The van der Waals surface area contributed by atoms with Crippen molar-refractivity contribution in [2.45, 2.75) is 26.2 Å². The van der Waals surface area contributed by atoms with Crippen LogP contribution in [0.5, 0.6) is 0 Å². The molecule has 0 heterocycles. The Labute approximate surface area is 140 Å². The highest BCUT2D eigenvalue weighted by Crippen LogP contribution is 2.13. The highest BCUT2D eigenvalue weighted by molar-refractivity contribution is 6.33. The van der Waals surface area contributed by atoms with Crippen molar-refractivity contribution in [2.75, 3.05) is 0 Å². The van der Waals surface area contributed by atoms with E-state index in [-0.39, 0.29) is 10.6 Å². The van der Waals surface area contributed by atoms with Gasteiger partial charge in [-0.25, -0.2) is 9.59 Å². The van der Waals surface area contributed by atoms with Crippen molar-refractivity contribution in [1.82, 2.24) is 0 Å². The molecular weight excluding hydrogens is 316 g/mol. The number of hydrogen-bond donors (Lipinski definition) is 2. The number of hydrogen-bond acceptors (Lipinski definition) is 2. The molecule has 5 heteroatoms. The second kappa shape index (κ2) is 9.64. The largest absolute Gasteiger partial charge is 0.478 e. The Kier molecular flexibility index (Phi) is 7.84. The minimum Gasteiger partial charge on any atom is -0.478 e. The van der Waals surface area contributed by atoms with Crippen LogP contribution in [0.1, 0.15) is 46.0 Å². The van der Waals surface area contributed by atoms with Crippen LogP contribution >= 0.6 is 11.6 Å². The summed E-state index contributed by atoms with van der Waals surface area (Å²) in [5.41, 5.74) is 1.72. The molecule has 0 saturated carbocycles. The number of carboxylic acids is 2. The van der Waals surface area contributed by atoms with Gasteiger partial charge in [0.15, 0.2) is 0 Å². The molecule has 0 aliphatic heterocycles. The molecular formula is C18H19ClO4. The van der Waals surface area contributed by atoms with Crippen molar-refractivity contribution in [2.24, 2.45) is 0 Å². The van der Waals surface area contributed by atoms with Crippen LogP contribution < -0.4 is 0 Å². The number of carboxylic acid groups (broad SMARTS) is 2. The Morgan fingerprint density at radius 2 is 1.57 bits per heavy atom. The lowest BCUT2D eigenvalue weighted by Crippen LogP contribution is -1.95. The Morgan fingerprint density at radius 1 is 0.957 bits per heavy atom. The molecule has 0 aliphatic carbocycles. The lowest BCUT2D eigenvalue weighted by atomic mass is 10.1. The molecule has 0 fully saturated rings. The molecule has 2 rings (SSSR count). The van der Waals surface area contributed by atoms with Gasteiger partial charge in [0.25, 0.3) is 0 Å². The summed E-state index contributed by atoms with van der Waals surface area (Å²) in [5, 5.41) is 17.4. The standard InChI is InChI=1S/C11H14O2.C7H5ClO2/c1-2-3-4-9-5-7-10(8-6-9)11(12)13;8-6-4-2-1-3-5(6)7(9)10/h5-8H,2-4H2,1H3,(H,12,13);1-4H,(H,9,10). The molecule has 0 spiro atoms. The zero-order valence-electron chi connectivity index (χ0n) is 12.8. The first kappa shape index (κ1) is 18.7. The molecule has 0 unspecified atom stereocenters. The van der Waals surface area contributed by atoms with Gasteiger partial charge in [-0.05, 0) is 42.7 Å². The molecule has 2 N–H and O–H groups in total. The lowest BCUT2D eigenvalue weighted by molar-refractivity contribution is 0.0686. The third kappa shape index (κ3) is 6.53. The SMILES string of the molecule is CCCCc1ccc(C(=O)O)cc1.O=C(O)c1ccccc1Cl. The fraction of sp³-hybridized carbons (Fsp3) is 0.222. The van der Waals surface area contributed by atoms with Gasteiger partial charge in [0.2, 0.25) is 0 Å². The Balaban J connectivity index is 0.000000238. The molecule has 0 saturated heterocycles. The predicted molar refractivity (Wildman–Crippen MR) is 90.4 cm³/mol. The minimum atomic E-state index is -0.995. The topological polar surface area (TPSA) is 74.6 Å². The molecule has 0 bridgehead atoms. The highest BCUT2D eigenvalue weighted by atomic mass is 35.5. The van der Waals surface area contributed by atoms with Crippen LogP contribution in [0.25, 0.3) is 0 Å². The van der Waals surface area contributed by atoms with Crippen LogP contribution in [0, 0.1) is 0 Å². The van der Waals surface area contributed by atoms with E-state index < -0.39 is 11.9 Å². The fourth-order valence-corrected chi connectivity index (χ4v) is 2.05. The fourth-order valence-electron chi connectivity index (χ4n) is 1.83. The average molecular weight is 335 g/mol. The number of benzene rings is 2. The van der Waals surface area contributed by atoms with Gasteiger partial charge in [0, 0.05) is 0 Å². The smallest absolute Gasteiger partial charge is 0.337 e.